The van der Waals surface area contributed by atoms with Crippen molar-refractivity contribution in [1.29, 1.82) is 0 Å². The fourth-order valence-electron chi connectivity index (χ4n) is 1.33. The Morgan fingerprint density at radius 1 is 1.44 bits per heavy atom. The Hall–Kier alpha value is -0.920. The Morgan fingerprint density at radius 2 is 2.12 bits per heavy atom. The minimum atomic E-state index is -3.85. The van der Waals surface area contributed by atoms with Gasteiger partial charge in [-0.25, -0.2) is 8.42 Å². The summed E-state index contributed by atoms with van der Waals surface area (Å²) in [6.07, 6.45) is 0. The second-order valence-electron chi connectivity index (χ2n) is 3.24. The number of aryl methyl sites for hydroxylation is 1. The third-order valence-electron chi connectivity index (χ3n) is 2.12. The van der Waals surface area contributed by atoms with Crippen molar-refractivity contribution in [2.24, 2.45) is 7.05 Å². The van der Waals surface area contributed by atoms with E-state index in [0.29, 0.717) is 5.82 Å². The molecule has 0 radical (unpaired) electrons. The van der Waals surface area contributed by atoms with Crippen LogP contribution in [0.1, 0.15) is 5.56 Å². The highest BCUT2D eigenvalue weighted by Gasteiger charge is 2.22. The minimum Gasteiger partial charge on any atom is -0.299 e. The lowest BCUT2D eigenvalue weighted by atomic mass is 10.3. The summed E-state index contributed by atoms with van der Waals surface area (Å²) in [7, 11) is 2.95. The van der Waals surface area contributed by atoms with Gasteiger partial charge in [0.05, 0.1) is 4.88 Å². The zero-order valence-electron chi connectivity index (χ0n) is 8.51. The van der Waals surface area contributed by atoms with Crippen LogP contribution in [0.3, 0.4) is 0 Å². The molecule has 2 aromatic heterocycles. The van der Waals surface area contributed by atoms with Crippen LogP contribution in [0.5, 0.6) is 0 Å². The molecule has 0 aliphatic heterocycles. The number of rotatable bonds is 2. The molecule has 0 saturated heterocycles. The van der Waals surface area contributed by atoms with Crippen LogP contribution < -0.4 is 0 Å². The molecule has 0 spiro atoms. The van der Waals surface area contributed by atoms with Crippen LogP contribution in [0.25, 0.3) is 10.7 Å². The average molecular weight is 278 g/mol. The first-order valence-electron chi connectivity index (χ1n) is 4.30. The Labute approximate surface area is 101 Å². The first-order chi connectivity index (χ1) is 7.41. The quantitative estimate of drug-likeness (QED) is 0.785. The van der Waals surface area contributed by atoms with Gasteiger partial charge in [-0.1, -0.05) is 0 Å². The smallest absolute Gasteiger partial charge is 0.296 e. The molecule has 8 heteroatoms. The molecule has 0 amide bonds. The number of aromatic nitrogens is 3. The Morgan fingerprint density at radius 3 is 2.56 bits per heavy atom. The van der Waals surface area contributed by atoms with Crippen LogP contribution in [0.2, 0.25) is 0 Å². The molecule has 0 aliphatic rings. The highest BCUT2D eigenvalue weighted by atomic mass is 35.7. The van der Waals surface area contributed by atoms with Crippen molar-refractivity contribution in [2.45, 2.75) is 12.1 Å². The second kappa shape index (κ2) is 3.83. The standard InChI is InChI=1S/C8H8ClN3O2S2/c1-5-3-4-15-6(5)7-10-11-8(12(7)2)16(9,13)14/h3-4H,1-2H3. The summed E-state index contributed by atoms with van der Waals surface area (Å²) in [6.45, 7) is 1.93. The Balaban J connectivity index is 2.63. The first kappa shape index (κ1) is 11.6. The topological polar surface area (TPSA) is 64.8 Å². The zero-order valence-corrected chi connectivity index (χ0v) is 10.9. The van der Waals surface area contributed by atoms with Crippen LogP contribution in [0.15, 0.2) is 16.6 Å². The van der Waals surface area contributed by atoms with Crippen LogP contribution >= 0.6 is 22.0 Å². The summed E-state index contributed by atoms with van der Waals surface area (Å²) in [5, 5.41) is 9.10. The number of halogens is 1. The summed E-state index contributed by atoms with van der Waals surface area (Å²) < 4.78 is 23.7. The molecule has 16 heavy (non-hydrogen) atoms. The van der Waals surface area contributed by atoms with Gasteiger partial charge in [-0.3, -0.25) is 4.57 Å². The highest BCUT2D eigenvalue weighted by molar-refractivity contribution is 8.13. The van der Waals surface area contributed by atoms with Crippen LogP contribution in [-0.4, -0.2) is 23.2 Å². The lowest BCUT2D eigenvalue weighted by molar-refractivity contribution is 0.593. The van der Waals surface area contributed by atoms with Gasteiger partial charge in [-0.05, 0) is 23.9 Å². The minimum absolute atomic E-state index is 0.239. The van der Waals surface area contributed by atoms with Crippen molar-refractivity contribution >= 4 is 31.1 Å². The number of hydrogen-bond acceptors (Lipinski definition) is 5. The third kappa shape index (κ3) is 1.85. The highest BCUT2D eigenvalue weighted by Crippen LogP contribution is 2.28. The fraction of sp³-hybridized carbons (Fsp3) is 0.250. The molecule has 0 bridgehead atoms. The monoisotopic (exact) mass is 277 g/mol. The summed E-state index contributed by atoms with van der Waals surface area (Å²) in [5.74, 6) is 0.506. The van der Waals surface area contributed by atoms with E-state index in [2.05, 4.69) is 10.2 Å². The van der Waals surface area contributed by atoms with Gasteiger partial charge in [0.1, 0.15) is 0 Å². The molecular weight excluding hydrogens is 270 g/mol. The zero-order chi connectivity index (χ0) is 11.9. The molecule has 0 aliphatic carbocycles. The van der Waals surface area contributed by atoms with E-state index in [1.165, 1.54) is 15.9 Å². The molecule has 0 saturated carbocycles. The van der Waals surface area contributed by atoms with E-state index < -0.39 is 9.05 Å². The van der Waals surface area contributed by atoms with Gasteiger partial charge in [-0.2, -0.15) is 0 Å². The van der Waals surface area contributed by atoms with Gasteiger partial charge in [0.15, 0.2) is 5.82 Å². The SMILES string of the molecule is Cc1ccsc1-c1nnc(S(=O)(=O)Cl)n1C. The van der Waals surface area contributed by atoms with Crippen LogP contribution in [-0.2, 0) is 16.1 Å². The van der Waals surface area contributed by atoms with Crippen molar-refractivity contribution in [3.8, 4) is 10.7 Å². The lowest BCUT2D eigenvalue weighted by Crippen LogP contribution is -2.02. The van der Waals surface area contributed by atoms with Gasteiger partial charge >= 0.3 is 0 Å². The van der Waals surface area contributed by atoms with Gasteiger partial charge in [0, 0.05) is 17.7 Å². The van der Waals surface area contributed by atoms with E-state index in [4.69, 9.17) is 10.7 Å². The second-order valence-corrected chi connectivity index (χ2v) is 6.61. The van der Waals surface area contributed by atoms with Gasteiger partial charge in [0.25, 0.3) is 14.2 Å². The van der Waals surface area contributed by atoms with Crippen molar-refractivity contribution in [1.82, 2.24) is 14.8 Å². The largest absolute Gasteiger partial charge is 0.299 e. The summed E-state index contributed by atoms with van der Waals surface area (Å²) >= 11 is 1.48. The van der Waals surface area contributed by atoms with Crippen molar-refractivity contribution in [3.05, 3.63) is 17.0 Å². The van der Waals surface area contributed by atoms with E-state index in [0.717, 1.165) is 10.4 Å². The molecular formula is C8H8ClN3O2S2. The molecule has 0 N–H and O–H groups in total. The van der Waals surface area contributed by atoms with Gasteiger partial charge < -0.3 is 0 Å². The van der Waals surface area contributed by atoms with Crippen molar-refractivity contribution < 1.29 is 8.42 Å². The summed E-state index contributed by atoms with van der Waals surface area (Å²) in [4.78, 5) is 0.890. The maximum atomic E-state index is 11.2. The third-order valence-corrected chi connectivity index (χ3v) is 4.34. The fourth-order valence-corrected chi connectivity index (χ4v) is 3.23. The Bertz CT molecular complexity index is 630. The number of nitrogens with zero attached hydrogens (tertiary/aromatic N) is 3. The first-order valence-corrected chi connectivity index (χ1v) is 7.48. The van der Waals surface area contributed by atoms with E-state index in [1.807, 2.05) is 18.4 Å². The van der Waals surface area contributed by atoms with E-state index in [1.54, 1.807) is 7.05 Å². The van der Waals surface area contributed by atoms with E-state index in [-0.39, 0.29) is 5.16 Å². The molecule has 5 nitrogen and oxygen atoms in total. The Kier molecular flexibility index (Phi) is 2.77. The molecule has 0 atom stereocenters. The predicted octanol–water partition coefficient (Wildman–Crippen LogP) is 1.78. The van der Waals surface area contributed by atoms with Gasteiger partial charge in [-0.15, -0.1) is 21.5 Å². The maximum absolute atomic E-state index is 11.2. The van der Waals surface area contributed by atoms with Crippen LogP contribution in [0.4, 0.5) is 0 Å². The molecule has 0 unspecified atom stereocenters. The molecule has 0 aromatic carbocycles. The van der Waals surface area contributed by atoms with Crippen molar-refractivity contribution in [3.63, 3.8) is 0 Å². The van der Waals surface area contributed by atoms with Crippen LogP contribution in [0, 0.1) is 6.92 Å². The maximum Gasteiger partial charge on any atom is 0.296 e. The molecule has 2 aromatic rings. The van der Waals surface area contributed by atoms with E-state index >= 15 is 0 Å². The van der Waals surface area contributed by atoms with Gasteiger partial charge in [0.2, 0.25) is 0 Å². The number of hydrogen-bond donors (Lipinski definition) is 0. The molecule has 2 rings (SSSR count). The summed E-state index contributed by atoms with van der Waals surface area (Å²) in [6, 6.07) is 1.93. The molecule has 0 fully saturated rings. The van der Waals surface area contributed by atoms with Crippen molar-refractivity contribution in [2.75, 3.05) is 0 Å². The normalized spacial score (nSPS) is 11.9. The van der Waals surface area contributed by atoms with E-state index in [9.17, 15) is 8.42 Å². The molecule has 2 heterocycles. The number of thiophene rings is 1. The molecule has 86 valence electrons. The average Bonchev–Trinajstić information content (AvgIpc) is 2.70. The summed E-state index contributed by atoms with van der Waals surface area (Å²) in [5.41, 5.74) is 1.03. The lowest BCUT2D eigenvalue weighted by Gasteiger charge is -2.00. The predicted molar refractivity (Wildman–Crippen MR) is 62.1 cm³/mol.